The number of likely N-dealkylation sites (tertiary alicyclic amines) is 1. The van der Waals surface area contributed by atoms with E-state index in [0.29, 0.717) is 12.8 Å². The van der Waals surface area contributed by atoms with Crippen LogP contribution in [0.2, 0.25) is 0 Å². The second-order valence-corrected chi connectivity index (χ2v) is 11.6. The predicted molar refractivity (Wildman–Crippen MR) is 111 cm³/mol. The molecule has 2 unspecified atom stereocenters. The zero-order valence-electron chi connectivity index (χ0n) is 18.3. The van der Waals surface area contributed by atoms with Gasteiger partial charge in [-0.25, -0.2) is 0 Å². The minimum absolute atomic E-state index is 0.200. The molecule has 0 aliphatic carbocycles. The quantitative estimate of drug-likeness (QED) is 0.628. The van der Waals surface area contributed by atoms with Crippen molar-refractivity contribution in [1.82, 2.24) is 10.2 Å². The molecule has 6 atom stereocenters. The van der Waals surface area contributed by atoms with Crippen LogP contribution in [0, 0.1) is 11.8 Å². The van der Waals surface area contributed by atoms with Crippen molar-refractivity contribution in [3.63, 3.8) is 0 Å². The Balaban J connectivity index is 2.10. The molecular weight excluding hydrogens is 392 g/mol. The number of hydrogen-bond acceptors (Lipinski definition) is 6. The molecule has 0 saturated carbocycles. The molecule has 3 fully saturated rings. The van der Waals surface area contributed by atoms with E-state index in [9.17, 15) is 19.5 Å². The topological polar surface area (TPSA) is 95.9 Å². The summed E-state index contributed by atoms with van der Waals surface area (Å²) in [5, 5.41) is 13.0. The van der Waals surface area contributed by atoms with Crippen molar-refractivity contribution in [2.24, 2.45) is 11.8 Å². The second kappa shape index (κ2) is 7.45. The number of aliphatic hydroxyl groups excluding tert-OH is 1. The maximum atomic E-state index is 13.7. The fourth-order valence-electron chi connectivity index (χ4n) is 5.50. The highest BCUT2D eigenvalue weighted by Crippen LogP contribution is 2.71. The molecule has 3 aliphatic heterocycles. The molecule has 3 saturated heterocycles. The number of amides is 2. The molecule has 3 aliphatic rings. The number of rotatable bonds is 6. The van der Waals surface area contributed by atoms with E-state index in [1.807, 2.05) is 34.6 Å². The van der Waals surface area contributed by atoms with E-state index < -0.39 is 39.0 Å². The number of carbonyl (C=O) groups excluding carboxylic acids is 3. The fourth-order valence-corrected chi connectivity index (χ4v) is 7.83. The molecule has 8 heteroatoms. The first kappa shape index (κ1) is 22.4. The summed E-state index contributed by atoms with van der Waals surface area (Å²) in [6.45, 7) is 11.5. The lowest BCUT2D eigenvalue weighted by Gasteiger charge is -2.38. The van der Waals surface area contributed by atoms with Crippen molar-refractivity contribution in [2.45, 2.75) is 87.9 Å². The Labute approximate surface area is 177 Å². The van der Waals surface area contributed by atoms with Crippen molar-refractivity contribution < 1.29 is 24.2 Å². The maximum absolute atomic E-state index is 13.7. The molecule has 0 aromatic carbocycles. The molecule has 3 heterocycles. The van der Waals surface area contributed by atoms with Crippen LogP contribution in [0.15, 0.2) is 0 Å². The average Bonchev–Trinajstić information content (AvgIpc) is 3.16. The van der Waals surface area contributed by atoms with Gasteiger partial charge < -0.3 is 20.1 Å². The number of nitrogens with zero attached hydrogens (tertiary/aromatic N) is 1. The summed E-state index contributed by atoms with van der Waals surface area (Å²) in [4.78, 5) is 41.6. The number of carbonyl (C=O) groups is 3. The third-order valence-electron chi connectivity index (χ3n) is 6.58. The maximum Gasteiger partial charge on any atom is 0.311 e. The van der Waals surface area contributed by atoms with Crippen LogP contribution >= 0.6 is 11.8 Å². The number of nitrogens with one attached hydrogen (secondary N) is 1. The fraction of sp³-hybridized carbons (Fsp3) is 0.857. The molecule has 3 rings (SSSR count). The molecule has 2 amide bonds. The largest absolute Gasteiger partial charge is 0.466 e. The molecule has 0 aromatic rings. The normalized spacial score (nSPS) is 36.9. The van der Waals surface area contributed by atoms with Crippen LogP contribution < -0.4 is 5.32 Å². The number of thioether (sulfide) groups is 1. The highest BCUT2D eigenvalue weighted by Gasteiger charge is 2.78. The van der Waals surface area contributed by atoms with Gasteiger partial charge in [-0.2, -0.15) is 0 Å². The van der Waals surface area contributed by atoms with E-state index in [-0.39, 0.29) is 31.0 Å². The standard InChI is InChI=1S/C21H34N2O5S/c1-7-12(11-24)23-15(16(25)22-19(3,4)5)21-10-9-20(6,29-21)14(13(21)17(23)26)18(27)28-8-2/h12-15,24H,7-11H2,1-6H3,(H,22,25)/t12-,13-,14+,15?,20-,21?/m0/s1. The number of aliphatic hydroxyl groups is 1. The van der Waals surface area contributed by atoms with Gasteiger partial charge in [0.05, 0.1) is 35.8 Å². The summed E-state index contributed by atoms with van der Waals surface area (Å²) in [6, 6.07) is -1.16. The Kier molecular flexibility index (Phi) is 5.75. The highest BCUT2D eigenvalue weighted by atomic mass is 32.2. The van der Waals surface area contributed by atoms with E-state index in [1.54, 1.807) is 23.6 Å². The smallest absolute Gasteiger partial charge is 0.311 e. The molecule has 2 bridgehead atoms. The molecular formula is C21H34N2O5S. The summed E-state index contributed by atoms with van der Waals surface area (Å²) in [6.07, 6.45) is 1.99. The SMILES string of the molecule is CCOC(=O)[C@H]1[C@H]2C(=O)N([C@@H](CC)CO)C(C(=O)NC(C)(C)C)C23CC[C@]1(C)S3. The Hall–Kier alpha value is -1.28. The minimum atomic E-state index is -0.706. The molecule has 1 spiro atoms. The number of hydrogen-bond donors (Lipinski definition) is 2. The van der Waals surface area contributed by atoms with Crippen LogP contribution in [-0.2, 0) is 19.1 Å². The summed E-state index contributed by atoms with van der Waals surface area (Å²) in [5.41, 5.74) is -0.451. The van der Waals surface area contributed by atoms with Gasteiger partial charge in [0.1, 0.15) is 6.04 Å². The number of fused-ring (bicyclic) bond motifs is 1. The van der Waals surface area contributed by atoms with Gasteiger partial charge in [-0.05, 0) is 53.9 Å². The lowest BCUT2D eigenvalue weighted by atomic mass is 9.66. The van der Waals surface area contributed by atoms with Gasteiger partial charge in [-0.1, -0.05) is 6.92 Å². The lowest BCUT2D eigenvalue weighted by Crippen LogP contribution is -2.59. The van der Waals surface area contributed by atoms with E-state index in [4.69, 9.17) is 4.74 Å². The van der Waals surface area contributed by atoms with Gasteiger partial charge >= 0.3 is 5.97 Å². The summed E-state index contributed by atoms with van der Waals surface area (Å²) < 4.78 is 4.27. The third kappa shape index (κ3) is 3.36. The van der Waals surface area contributed by atoms with E-state index in [0.717, 1.165) is 6.42 Å². The van der Waals surface area contributed by atoms with Gasteiger partial charge in [0.25, 0.3) is 0 Å². The lowest BCUT2D eigenvalue weighted by molar-refractivity contribution is -0.155. The van der Waals surface area contributed by atoms with Crippen molar-refractivity contribution in [3.8, 4) is 0 Å². The third-order valence-corrected chi connectivity index (χ3v) is 8.56. The Morgan fingerprint density at radius 1 is 1.34 bits per heavy atom. The Morgan fingerprint density at radius 3 is 2.52 bits per heavy atom. The van der Waals surface area contributed by atoms with Crippen LogP contribution in [0.3, 0.4) is 0 Å². The van der Waals surface area contributed by atoms with Crippen molar-refractivity contribution in [3.05, 3.63) is 0 Å². The van der Waals surface area contributed by atoms with Crippen molar-refractivity contribution in [2.75, 3.05) is 13.2 Å². The average molecular weight is 427 g/mol. The van der Waals surface area contributed by atoms with Gasteiger partial charge in [0, 0.05) is 10.3 Å². The number of ether oxygens (including phenoxy) is 1. The van der Waals surface area contributed by atoms with Gasteiger partial charge in [-0.15, -0.1) is 11.8 Å². The molecule has 2 N–H and O–H groups in total. The van der Waals surface area contributed by atoms with Crippen LogP contribution in [0.4, 0.5) is 0 Å². The summed E-state index contributed by atoms with van der Waals surface area (Å²) in [5.74, 6) is -1.92. The molecule has 0 radical (unpaired) electrons. The molecule has 7 nitrogen and oxygen atoms in total. The van der Waals surface area contributed by atoms with Crippen molar-refractivity contribution in [1.29, 1.82) is 0 Å². The highest BCUT2D eigenvalue weighted by molar-refractivity contribution is 8.02. The second-order valence-electron chi connectivity index (χ2n) is 9.71. The summed E-state index contributed by atoms with van der Waals surface area (Å²) in [7, 11) is 0. The van der Waals surface area contributed by atoms with Gasteiger partial charge in [0.2, 0.25) is 11.8 Å². The van der Waals surface area contributed by atoms with E-state index >= 15 is 0 Å². The summed E-state index contributed by atoms with van der Waals surface area (Å²) >= 11 is 1.62. The molecule has 164 valence electrons. The first-order valence-electron chi connectivity index (χ1n) is 10.6. The monoisotopic (exact) mass is 426 g/mol. The van der Waals surface area contributed by atoms with Crippen LogP contribution in [0.5, 0.6) is 0 Å². The molecule has 29 heavy (non-hydrogen) atoms. The van der Waals surface area contributed by atoms with Gasteiger partial charge in [-0.3, -0.25) is 14.4 Å². The first-order chi connectivity index (χ1) is 13.5. The minimum Gasteiger partial charge on any atom is -0.466 e. The van der Waals surface area contributed by atoms with Crippen LogP contribution in [0.1, 0.15) is 60.8 Å². The van der Waals surface area contributed by atoms with Crippen molar-refractivity contribution >= 4 is 29.5 Å². The Morgan fingerprint density at radius 2 is 2.00 bits per heavy atom. The first-order valence-corrected chi connectivity index (χ1v) is 11.4. The number of esters is 1. The van der Waals surface area contributed by atoms with E-state index in [1.165, 1.54) is 0 Å². The van der Waals surface area contributed by atoms with E-state index in [2.05, 4.69) is 5.32 Å². The zero-order chi connectivity index (χ0) is 21.8. The molecule has 0 aromatic heterocycles. The Bertz CT molecular complexity index is 704. The van der Waals surface area contributed by atoms with Crippen LogP contribution in [0.25, 0.3) is 0 Å². The van der Waals surface area contributed by atoms with Crippen LogP contribution in [-0.4, -0.2) is 68.1 Å². The zero-order valence-corrected chi connectivity index (χ0v) is 19.1. The van der Waals surface area contributed by atoms with Gasteiger partial charge in [0.15, 0.2) is 0 Å². The predicted octanol–water partition coefficient (Wildman–Crippen LogP) is 1.72.